The summed E-state index contributed by atoms with van der Waals surface area (Å²) < 4.78 is 0. The molecule has 3 rings (SSSR count). The second-order valence-electron chi connectivity index (χ2n) is 4.74. The Morgan fingerprint density at radius 2 is 1.95 bits per heavy atom. The smallest absolute Gasteiger partial charge is 0.262 e. The molecule has 1 N–H and O–H groups in total. The van der Waals surface area contributed by atoms with Crippen molar-refractivity contribution < 1.29 is 9.59 Å². The summed E-state index contributed by atoms with van der Waals surface area (Å²) in [5, 5.41) is 6.55. The van der Waals surface area contributed by atoms with E-state index in [0.29, 0.717) is 11.1 Å². The first-order valence-electron chi connectivity index (χ1n) is 6.07. The van der Waals surface area contributed by atoms with Crippen molar-refractivity contribution in [2.45, 2.75) is 19.9 Å². The van der Waals surface area contributed by atoms with E-state index in [2.05, 4.69) is 10.2 Å². The van der Waals surface area contributed by atoms with Crippen molar-refractivity contribution in [2.75, 3.05) is 0 Å². The number of hydrogen-bond acceptors (Lipinski definition) is 3. The SMILES string of the molecule is Cc1ccc2c(c1)C(=O)N(C(C)c1cn[nH]c1)C2=O. The zero-order chi connectivity index (χ0) is 13.6. The summed E-state index contributed by atoms with van der Waals surface area (Å²) in [7, 11) is 0. The number of nitrogens with zero attached hydrogens (tertiary/aromatic N) is 2. The molecule has 1 aliphatic heterocycles. The molecule has 0 bridgehead atoms. The molecule has 0 aliphatic carbocycles. The minimum atomic E-state index is -0.327. The molecular formula is C14H13N3O2. The van der Waals surface area contributed by atoms with Crippen LogP contribution >= 0.6 is 0 Å². The fourth-order valence-corrected chi connectivity index (χ4v) is 2.36. The summed E-state index contributed by atoms with van der Waals surface area (Å²) in [6.07, 6.45) is 3.32. The second kappa shape index (κ2) is 4.05. The Labute approximate surface area is 110 Å². The van der Waals surface area contributed by atoms with Crippen molar-refractivity contribution in [1.29, 1.82) is 0 Å². The van der Waals surface area contributed by atoms with E-state index in [0.717, 1.165) is 11.1 Å². The van der Waals surface area contributed by atoms with Gasteiger partial charge in [0.15, 0.2) is 0 Å². The van der Waals surface area contributed by atoms with E-state index in [1.807, 2.05) is 19.9 Å². The first kappa shape index (κ1) is 11.6. The van der Waals surface area contributed by atoms with Crippen molar-refractivity contribution in [2.24, 2.45) is 0 Å². The minimum Gasteiger partial charge on any atom is -0.285 e. The third-order valence-corrected chi connectivity index (χ3v) is 3.46. The van der Waals surface area contributed by atoms with E-state index in [-0.39, 0.29) is 17.9 Å². The van der Waals surface area contributed by atoms with Crippen LogP contribution in [0.1, 0.15) is 44.8 Å². The van der Waals surface area contributed by atoms with Gasteiger partial charge in [-0.3, -0.25) is 19.6 Å². The van der Waals surface area contributed by atoms with Crippen molar-refractivity contribution in [1.82, 2.24) is 15.1 Å². The van der Waals surface area contributed by atoms with Crippen LogP contribution in [0.15, 0.2) is 30.6 Å². The van der Waals surface area contributed by atoms with Crippen molar-refractivity contribution in [3.05, 3.63) is 52.8 Å². The lowest BCUT2D eigenvalue weighted by Crippen LogP contribution is -2.32. The van der Waals surface area contributed by atoms with Crippen LogP contribution in [0.25, 0.3) is 0 Å². The Kier molecular flexibility index (Phi) is 2.48. The molecule has 0 spiro atoms. The fourth-order valence-electron chi connectivity index (χ4n) is 2.36. The third-order valence-electron chi connectivity index (χ3n) is 3.46. The molecule has 1 unspecified atom stereocenters. The number of amides is 2. The number of nitrogens with one attached hydrogen (secondary N) is 1. The lowest BCUT2D eigenvalue weighted by Gasteiger charge is -2.21. The molecule has 2 aromatic rings. The van der Waals surface area contributed by atoms with Gasteiger partial charge in [-0.05, 0) is 26.0 Å². The van der Waals surface area contributed by atoms with Gasteiger partial charge in [0.05, 0.1) is 23.4 Å². The Hall–Kier alpha value is -2.43. The number of hydrogen-bond donors (Lipinski definition) is 1. The number of aromatic amines is 1. The van der Waals surface area contributed by atoms with Gasteiger partial charge >= 0.3 is 0 Å². The zero-order valence-electron chi connectivity index (χ0n) is 10.7. The van der Waals surface area contributed by atoms with E-state index >= 15 is 0 Å². The second-order valence-corrected chi connectivity index (χ2v) is 4.74. The van der Waals surface area contributed by atoms with Crippen LogP contribution < -0.4 is 0 Å². The fraction of sp³-hybridized carbons (Fsp3) is 0.214. The molecule has 5 heteroatoms. The number of benzene rings is 1. The van der Waals surface area contributed by atoms with Crippen molar-refractivity contribution >= 4 is 11.8 Å². The summed E-state index contributed by atoms with van der Waals surface area (Å²) in [5.74, 6) is -0.480. The molecule has 0 radical (unpaired) electrons. The minimum absolute atomic E-state index is 0.239. The van der Waals surface area contributed by atoms with Gasteiger partial charge in [-0.25, -0.2) is 0 Å². The van der Waals surface area contributed by atoms with Crippen LogP contribution in [0.4, 0.5) is 0 Å². The first-order valence-corrected chi connectivity index (χ1v) is 6.07. The van der Waals surface area contributed by atoms with Gasteiger partial charge in [0.25, 0.3) is 11.8 Å². The van der Waals surface area contributed by atoms with Crippen LogP contribution in [0, 0.1) is 6.92 Å². The first-order chi connectivity index (χ1) is 9.09. The maximum Gasteiger partial charge on any atom is 0.262 e. The molecule has 0 saturated carbocycles. The van der Waals surface area contributed by atoms with Gasteiger partial charge in [0.2, 0.25) is 0 Å². The molecule has 0 fully saturated rings. The van der Waals surface area contributed by atoms with Crippen molar-refractivity contribution in [3.8, 4) is 0 Å². The number of fused-ring (bicyclic) bond motifs is 1. The van der Waals surface area contributed by atoms with Crippen LogP contribution in [-0.2, 0) is 0 Å². The summed E-state index contributed by atoms with van der Waals surface area (Å²) >= 11 is 0. The number of imide groups is 1. The van der Waals surface area contributed by atoms with Gasteiger partial charge < -0.3 is 0 Å². The molecule has 19 heavy (non-hydrogen) atoms. The van der Waals surface area contributed by atoms with E-state index in [1.54, 1.807) is 24.5 Å². The molecule has 1 aromatic carbocycles. The predicted molar refractivity (Wildman–Crippen MR) is 68.7 cm³/mol. The van der Waals surface area contributed by atoms with Gasteiger partial charge in [-0.1, -0.05) is 11.6 Å². The highest BCUT2D eigenvalue weighted by molar-refractivity contribution is 6.21. The summed E-state index contributed by atoms with van der Waals surface area (Å²) in [6, 6.07) is 4.99. The molecule has 2 amide bonds. The molecule has 2 heterocycles. The summed E-state index contributed by atoms with van der Waals surface area (Å²) in [6.45, 7) is 3.72. The quantitative estimate of drug-likeness (QED) is 0.835. The standard InChI is InChI=1S/C14H13N3O2/c1-8-3-4-11-12(5-8)14(19)17(13(11)18)9(2)10-6-15-16-7-10/h3-7,9H,1-2H3,(H,15,16). The summed E-state index contributed by atoms with van der Waals surface area (Å²) in [4.78, 5) is 26.0. The largest absolute Gasteiger partial charge is 0.285 e. The topological polar surface area (TPSA) is 66.1 Å². The van der Waals surface area contributed by atoms with Crippen LogP contribution in [0.5, 0.6) is 0 Å². The van der Waals surface area contributed by atoms with Gasteiger partial charge in [0, 0.05) is 11.8 Å². The van der Waals surface area contributed by atoms with E-state index in [4.69, 9.17) is 0 Å². The Morgan fingerprint density at radius 3 is 2.63 bits per heavy atom. The van der Waals surface area contributed by atoms with Gasteiger partial charge in [-0.2, -0.15) is 5.10 Å². The average molecular weight is 255 g/mol. The number of aromatic nitrogens is 2. The number of carbonyl (C=O) groups excluding carboxylic acids is 2. The number of rotatable bonds is 2. The number of carbonyl (C=O) groups is 2. The van der Waals surface area contributed by atoms with E-state index in [1.165, 1.54) is 4.90 Å². The number of H-pyrrole nitrogens is 1. The predicted octanol–water partition coefficient (Wildman–Crippen LogP) is 2.08. The van der Waals surface area contributed by atoms with Gasteiger partial charge in [-0.15, -0.1) is 0 Å². The molecular weight excluding hydrogens is 242 g/mol. The zero-order valence-corrected chi connectivity index (χ0v) is 10.7. The number of aryl methyl sites for hydroxylation is 1. The highest BCUT2D eigenvalue weighted by Gasteiger charge is 2.39. The Balaban J connectivity index is 2.03. The summed E-state index contributed by atoms with van der Waals surface area (Å²) in [5.41, 5.74) is 2.75. The van der Waals surface area contributed by atoms with Crippen LogP contribution in [-0.4, -0.2) is 26.9 Å². The van der Waals surface area contributed by atoms with Gasteiger partial charge in [0.1, 0.15) is 0 Å². The maximum absolute atomic E-state index is 12.4. The lowest BCUT2D eigenvalue weighted by molar-refractivity contribution is 0.0595. The monoisotopic (exact) mass is 255 g/mol. The van der Waals surface area contributed by atoms with E-state index < -0.39 is 0 Å². The maximum atomic E-state index is 12.4. The Morgan fingerprint density at radius 1 is 1.21 bits per heavy atom. The molecule has 1 aliphatic rings. The average Bonchev–Trinajstić information content (AvgIpc) is 2.98. The van der Waals surface area contributed by atoms with Crippen LogP contribution in [0.2, 0.25) is 0 Å². The highest BCUT2D eigenvalue weighted by Crippen LogP contribution is 2.31. The van der Waals surface area contributed by atoms with Crippen LogP contribution in [0.3, 0.4) is 0 Å². The highest BCUT2D eigenvalue weighted by atomic mass is 16.2. The molecule has 1 aromatic heterocycles. The van der Waals surface area contributed by atoms with E-state index in [9.17, 15) is 9.59 Å². The molecule has 0 saturated heterocycles. The molecule has 96 valence electrons. The lowest BCUT2D eigenvalue weighted by atomic mass is 10.1. The normalized spacial score (nSPS) is 15.8. The Bertz CT molecular complexity index is 661. The van der Waals surface area contributed by atoms with Crippen molar-refractivity contribution in [3.63, 3.8) is 0 Å². The molecule has 5 nitrogen and oxygen atoms in total. The third kappa shape index (κ3) is 1.66. The molecule has 1 atom stereocenters.